The van der Waals surface area contributed by atoms with Crippen LogP contribution in [0, 0.1) is 12.8 Å². The van der Waals surface area contributed by atoms with Gasteiger partial charge in [0.25, 0.3) is 0 Å². The number of hydrogen-bond acceptors (Lipinski definition) is 3. The van der Waals surface area contributed by atoms with Gasteiger partial charge in [0.15, 0.2) is 0 Å². The fraction of sp³-hybridized carbons (Fsp3) is 0.250. The number of carbonyl (C=O) groups excluding carboxylic acids is 3. The van der Waals surface area contributed by atoms with Gasteiger partial charge in [-0.3, -0.25) is 14.4 Å². The van der Waals surface area contributed by atoms with Gasteiger partial charge in [0.05, 0.1) is 5.92 Å². The van der Waals surface area contributed by atoms with Crippen molar-refractivity contribution in [2.24, 2.45) is 5.92 Å². The molecule has 2 aromatic carbocycles. The molecular weight excluding hydrogens is 330 g/mol. The molecule has 1 saturated heterocycles. The molecule has 0 radical (unpaired) electrons. The number of carbonyl (C=O) groups is 3. The van der Waals surface area contributed by atoms with E-state index in [9.17, 15) is 14.4 Å². The summed E-state index contributed by atoms with van der Waals surface area (Å²) in [5, 5.41) is 5.51. The van der Waals surface area contributed by atoms with E-state index in [-0.39, 0.29) is 24.1 Å². The smallest absolute Gasteiger partial charge is 0.229 e. The first-order valence-electron chi connectivity index (χ1n) is 8.48. The van der Waals surface area contributed by atoms with E-state index in [0.717, 1.165) is 11.3 Å². The minimum absolute atomic E-state index is 0.0412. The SMILES string of the molecule is CC(=O)Nc1ccc(NC(=O)[C@@H]2CC(=O)N(c3ccccc3C)C2)cc1. The molecular formula is C20H21N3O3. The van der Waals surface area contributed by atoms with E-state index in [1.165, 1.54) is 6.92 Å². The second-order valence-corrected chi connectivity index (χ2v) is 6.44. The zero-order chi connectivity index (χ0) is 18.7. The quantitative estimate of drug-likeness (QED) is 0.889. The largest absolute Gasteiger partial charge is 0.326 e. The predicted molar refractivity (Wildman–Crippen MR) is 101 cm³/mol. The molecule has 1 heterocycles. The first-order chi connectivity index (χ1) is 12.4. The summed E-state index contributed by atoms with van der Waals surface area (Å²) in [7, 11) is 0. The van der Waals surface area contributed by atoms with Crippen molar-refractivity contribution < 1.29 is 14.4 Å². The number of aryl methyl sites for hydroxylation is 1. The monoisotopic (exact) mass is 351 g/mol. The predicted octanol–water partition coefficient (Wildman–Crippen LogP) is 2.95. The van der Waals surface area contributed by atoms with Crippen LogP contribution in [0.5, 0.6) is 0 Å². The first-order valence-corrected chi connectivity index (χ1v) is 8.48. The molecule has 2 N–H and O–H groups in total. The fourth-order valence-corrected chi connectivity index (χ4v) is 3.07. The Morgan fingerprint density at radius 2 is 1.62 bits per heavy atom. The van der Waals surface area contributed by atoms with Gasteiger partial charge in [0.2, 0.25) is 17.7 Å². The van der Waals surface area contributed by atoms with E-state index in [1.807, 2.05) is 31.2 Å². The van der Waals surface area contributed by atoms with Crippen molar-refractivity contribution in [3.63, 3.8) is 0 Å². The molecule has 0 aromatic heterocycles. The van der Waals surface area contributed by atoms with Crippen molar-refractivity contribution >= 4 is 34.8 Å². The van der Waals surface area contributed by atoms with Gasteiger partial charge < -0.3 is 15.5 Å². The summed E-state index contributed by atoms with van der Waals surface area (Å²) in [5.41, 5.74) is 3.16. The van der Waals surface area contributed by atoms with E-state index in [4.69, 9.17) is 0 Å². The lowest BCUT2D eigenvalue weighted by molar-refractivity contribution is -0.122. The average Bonchev–Trinajstić information content (AvgIpc) is 2.98. The zero-order valence-corrected chi connectivity index (χ0v) is 14.8. The van der Waals surface area contributed by atoms with Crippen LogP contribution in [-0.4, -0.2) is 24.3 Å². The van der Waals surface area contributed by atoms with Crippen LogP contribution in [0.4, 0.5) is 17.1 Å². The molecule has 1 atom stereocenters. The van der Waals surface area contributed by atoms with Gasteiger partial charge in [-0.1, -0.05) is 18.2 Å². The highest BCUT2D eigenvalue weighted by molar-refractivity contribution is 6.04. The Morgan fingerprint density at radius 3 is 2.23 bits per heavy atom. The number of nitrogens with one attached hydrogen (secondary N) is 2. The maximum Gasteiger partial charge on any atom is 0.229 e. The molecule has 0 spiro atoms. The van der Waals surface area contributed by atoms with Gasteiger partial charge in [0.1, 0.15) is 0 Å². The summed E-state index contributed by atoms with van der Waals surface area (Å²) in [6.45, 7) is 3.76. The van der Waals surface area contributed by atoms with Crippen molar-refractivity contribution in [2.45, 2.75) is 20.3 Å². The molecule has 26 heavy (non-hydrogen) atoms. The van der Waals surface area contributed by atoms with Gasteiger partial charge in [0, 0.05) is 37.0 Å². The molecule has 0 bridgehead atoms. The molecule has 2 aromatic rings. The summed E-state index contributed by atoms with van der Waals surface area (Å²) in [6.07, 6.45) is 0.199. The second-order valence-electron chi connectivity index (χ2n) is 6.44. The van der Waals surface area contributed by atoms with Crippen LogP contribution in [0.25, 0.3) is 0 Å². The van der Waals surface area contributed by atoms with Crippen LogP contribution in [0.1, 0.15) is 18.9 Å². The van der Waals surface area contributed by atoms with Crippen molar-refractivity contribution in [2.75, 3.05) is 22.1 Å². The van der Waals surface area contributed by atoms with E-state index < -0.39 is 5.92 Å². The van der Waals surface area contributed by atoms with Gasteiger partial charge >= 0.3 is 0 Å². The van der Waals surface area contributed by atoms with Crippen LogP contribution in [0.15, 0.2) is 48.5 Å². The molecule has 3 amide bonds. The number of hydrogen-bond donors (Lipinski definition) is 2. The second kappa shape index (κ2) is 7.39. The number of amides is 3. The molecule has 134 valence electrons. The lowest BCUT2D eigenvalue weighted by atomic mass is 10.1. The van der Waals surface area contributed by atoms with Crippen molar-refractivity contribution in [3.8, 4) is 0 Å². The maximum atomic E-state index is 12.5. The van der Waals surface area contributed by atoms with Crippen molar-refractivity contribution in [1.82, 2.24) is 0 Å². The molecule has 6 heteroatoms. The van der Waals surface area contributed by atoms with Gasteiger partial charge in [-0.15, -0.1) is 0 Å². The Kier molecular flexibility index (Phi) is 5.02. The van der Waals surface area contributed by atoms with Gasteiger partial charge in [-0.05, 0) is 42.8 Å². The van der Waals surface area contributed by atoms with Crippen molar-refractivity contribution in [1.29, 1.82) is 0 Å². The Hall–Kier alpha value is -3.15. The van der Waals surface area contributed by atoms with E-state index in [2.05, 4.69) is 10.6 Å². The molecule has 0 unspecified atom stereocenters. The minimum Gasteiger partial charge on any atom is -0.326 e. The standard InChI is InChI=1S/C20H21N3O3/c1-13-5-3-4-6-18(13)23-12-15(11-19(23)25)20(26)22-17-9-7-16(8-10-17)21-14(2)24/h3-10,15H,11-12H2,1-2H3,(H,21,24)(H,22,26)/t15-/m1/s1. The third-order valence-corrected chi connectivity index (χ3v) is 4.37. The third kappa shape index (κ3) is 3.91. The van der Waals surface area contributed by atoms with Gasteiger partial charge in [-0.25, -0.2) is 0 Å². The van der Waals surface area contributed by atoms with Gasteiger partial charge in [-0.2, -0.15) is 0 Å². The molecule has 3 rings (SSSR count). The van der Waals surface area contributed by atoms with Crippen LogP contribution < -0.4 is 15.5 Å². The number of nitrogens with zero attached hydrogens (tertiary/aromatic N) is 1. The first kappa shape index (κ1) is 17.7. The maximum absolute atomic E-state index is 12.5. The number of benzene rings is 2. The minimum atomic E-state index is -0.392. The molecule has 1 fully saturated rings. The number of rotatable bonds is 4. The topological polar surface area (TPSA) is 78.5 Å². The Morgan fingerprint density at radius 1 is 1.00 bits per heavy atom. The van der Waals surface area contributed by atoms with Crippen LogP contribution >= 0.6 is 0 Å². The summed E-state index contributed by atoms with van der Waals surface area (Å²) in [5.74, 6) is -0.762. The molecule has 6 nitrogen and oxygen atoms in total. The molecule has 1 aliphatic rings. The Balaban J connectivity index is 1.65. The van der Waals surface area contributed by atoms with Crippen molar-refractivity contribution in [3.05, 3.63) is 54.1 Å². The number of anilines is 3. The lowest BCUT2D eigenvalue weighted by Gasteiger charge is -2.19. The number of para-hydroxylation sites is 1. The summed E-state index contributed by atoms with van der Waals surface area (Å²) >= 11 is 0. The van der Waals surface area contributed by atoms with Crippen LogP contribution in [0.3, 0.4) is 0 Å². The highest BCUT2D eigenvalue weighted by Gasteiger charge is 2.35. The lowest BCUT2D eigenvalue weighted by Crippen LogP contribution is -2.28. The fourth-order valence-electron chi connectivity index (χ4n) is 3.07. The average molecular weight is 351 g/mol. The van der Waals surface area contributed by atoms with Crippen LogP contribution in [0.2, 0.25) is 0 Å². The highest BCUT2D eigenvalue weighted by atomic mass is 16.2. The van der Waals surface area contributed by atoms with Crippen LogP contribution in [-0.2, 0) is 14.4 Å². The third-order valence-electron chi connectivity index (χ3n) is 4.37. The molecule has 1 aliphatic heterocycles. The normalized spacial score (nSPS) is 16.5. The summed E-state index contributed by atoms with van der Waals surface area (Å²) in [4.78, 5) is 37.6. The summed E-state index contributed by atoms with van der Waals surface area (Å²) in [6, 6.07) is 14.5. The Labute approximate surface area is 152 Å². The van der Waals surface area contributed by atoms with E-state index in [1.54, 1.807) is 29.2 Å². The van der Waals surface area contributed by atoms with E-state index in [0.29, 0.717) is 17.9 Å². The molecule has 0 saturated carbocycles. The summed E-state index contributed by atoms with van der Waals surface area (Å²) < 4.78 is 0. The Bertz CT molecular complexity index is 846. The highest BCUT2D eigenvalue weighted by Crippen LogP contribution is 2.28. The zero-order valence-electron chi connectivity index (χ0n) is 14.8. The molecule has 0 aliphatic carbocycles. The van der Waals surface area contributed by atoms with E-state index >= 15 is 0 Å².